The summed E-state index contributed by atoms with van der Waals surface area (Å²) >= 11 is 0. The first kappa shape index (κ1) is 20.5. The van der Waals surface area contributed by atoms with Crippen LogP contribution < -0.4 is 10.6 Å². The van der Waals surface area contributed by atoms with Crippen LogP contribution in [0, 0.1) is 10.1 Å². The third-order valence-corrected chi connectivity index (χ3v) is 5.31. The van der Waals surface area contributed by atoms with Crippen LogP contribution in [-0.4, -0.2) is 61.2 Å². The fraction of sp³-hybridized carbons (Fsp3) is 0.650. The van der Waals surface area contributed by atoms with Gasteiger partial charge >= 0.3 is 0 Å². The molecule has 1 aromatic carbocycles. The summed E-state index contributed by atoms with van der Waals surface area (Å²) in [6.07, 6.45) is 5.97. The van der Waals surface area contributed by atoms with E-state index in [9.17, 15) is 10.1 Å². The highest BCUT2D eigenvalue weighted by molar-refractivity contribution is 5.80. The highest BCUT2D eigenvalue weighted by atomic mass is 16.6. The molecule has 0 unspecified atom stereocenters. The molecule has 0 atom stereocenters. The molecule has 2 N–H and O–H groups in total. The summed E-state index contributed by atoms with van der Waals surface area (Å²) in [5.74, 6) is 0.840. The smallest absolute Gasteiger partial charge is 0.269 e. The van der Waals surface area contributed by atoms with Crippen LogP contribution >= 0.6 is 0 Å². The topological polar surface area (TPSA) is 92.0 Å². The predicted octanol–water partition coefficient (Wildman–Crippen LogP) is 2.29. The molecule has 0 aromatic heterocycles. The summed E-state index contributed by atoms with van der Waals surface area (Å²) in [5, 5.41) is 17.8. The average Bonchev–Trinajstić information content (AvgIpc) is 3.23. The fourth-order valence-corrected chi connectivity index (χ4v) is 3.64. The third kappa shape index (κ3) is 6.76. The standard InChI is InChI=1S/C20H31N5O3/c26-25(27)19-8-6-17(7-9-19)16-22-20(23-18-4-1-2-5-18)21-10-3-11-24-12-14-28-15-13-24/h6-9,18H,1-5,10-16H2,(H2,21,22,23). The molecule has 8 nitrogen and oxygen atoms in total. The number of non-ortho nitro benzene ring substituents is 1. The molecule has 0 spiro atoms. The van der Waals surface area contributed by atoms with Crippen LogP contribution in [0.4, 0.5) is 5.69 Å². The minimum absolute atomic E-state index is 0.110. The summed E-state index contributed by atoms with van der Waals surface area (Å²) in [4.78, 5) is 17.5. The predicted molar refractivity (Wildman–Crippen MR) is 110 cm³/mol. The Morgan fingerprint density at radius 3 is 2.61 bits per heavy atom. The number of nitrogens with zero attached hydrogens (tertiary/aromatic N) is 3. The lowest BCUT2D eigenvalue weighted by Crippen LogP contribution is -2.44. The lowest BCUT2D eigenvalue weighted by molar-refractivity contribution is -0.384. The van der Waals surface area contributed by atoms with Crippen molar-refractivity contribution >= 4 is 11.6 Å². The Kier molecular flexibility index (Phi) is 8.05. The summed E-state index contributed by atoms with van der Waals surface area (Å²) in [6.45, 7) is 6.13. The maximum Gasteiger partial charge on any atom is 0.269 e. The van der Waals surface area contributed by atoms with Crippen LogP contribution in [0.25, 0.3) is 0 Å². The molecule has 8 heteroatoms. The van der Waals surface area contributed by atoms with Crippen molar-refractivity contribution in [2.24, 2.45) is 4.99 Å². The minimum atomic E-state index is -0.379. The third-order valence-electron chi connectivity index (χ3n) is 5.31. The largest absolute Gasteiger partial charge is 0.379 e. The number of rotatable bonds is 8. The molecular formula is C20H31N5O3. The number of guanidine groups is 1. The van der Waals surface area contributed by atoms with E-state index in [-0.39, 0.29) is 10.6 Å². The lowest BCUT2D eigenvalue weighted by Gasteiger charge is -2.26. The number of nitrogens with one attached hydrogen (secondary N) is 2. The van der Waals surface area contributed by atoms with Crippen molar-refractivity contribution in [1.29, 1.82) is 0 Å². The number of aliphatic imine (C=N–C) groups is 1. The minimum Gasteiger partial charge on any atom is -0.379 e. The molecule has 1 aliphatic carbocycles. The Labute approximate surface area is 166 Å². The van der Waals surface area contributed by atoms with E-state index in [0.717, 1.165) is 57.3 Å². The second kappa shape index (κ2) is 11.0. The number of ether oxygens (including phenoxy) is 1. The molecule has 0 bridgehead atoms. The summed E-state index contributed by atoms with van der Waals surface area (Å²) in [7, 11) is 0. The van der Waals surface area contributed by atoms with Gasteiger partial charge in [-0.1, -0.05) is 25.0 Å². The van der Waals surface area contributed by atoms with Gasteiger partial charge in [0.1, 0.15) is 0 Å². The second-order valence-electron chi connectivity index (χ2n) is 7.45. The van der Waals surface area contributed by atoms with E-state index >= 15 is 0 Å². The van der Waals surface area contributed by atoms with Crippen molar-refractivity contribution < 1.29 is 9.66 Å². The fourth-order valence-electron chi connectivity index (χ4n) is 3.64. The van der Waals surface area contributed by atoms with Crippen LogP contribution in [-0.2, 0) is 11.3 Å². The molecule has 0 amide bonds. The first-order valence-electron chi connectivity index (χ1n) is 10.3. The van der Waals surface area contributed by atoms with E-state index in [2.05, 4.69) is 15.5 Å². The van der Waals surface area contributed by atoms with Crippen molar-refractivity contribution in [2.45, 2.75) is 44.7 Å². The van der Waals surface area contributed by atoms with E-state index < -0.39 is 0 Å². The molecule has 1 aromatic rings. The van der Waals surface area contributed by atoms with E-state index in [1.165, 1.54) is 37.8 Å². The maximum absolute atomic E-state index is 10.8. The van der Waals surface area contributed by atoms with Gasteiger partial charge in [0.2, 0.25) is 0 Å². The molecule has 1 aliphatic heterocycles. The number of benzene rings is 1. The van der Waals surface area contributed by atoms with Gasteiger partial charge in [-0.25, -0.2) is 4.99 Å². The molecule has 1 saturated heterocycles. The number of nitro groups is 1. The average molecular weight is 390 g/mol. The lowest BCUT2D eigenvalue weighted by atomic mass is 10.2. The highest BCUT2D eigenvalue weighted by Gasteiger charge is 2.16. The van der Waals surface area contributed by atoms with Gasteiger partial charge in [-0.3, -0.25) is 15.0 Å². The van der Waals surface area contributed by atoms with Gasteiger partial charge in [-0.15, -0.1) is 0 Å². The van der Waals surface area contributed by atoms with Gasteiger partial charge < -0.3 is 15.4 Å². The van der Waals surface area contributed by atoms with Crippen molar-refractivity contribution in [3.63, 3.8) is 0 Å². The first-order chi connectivity index (χ1) is 13.7. The van der Waals surface area contributed by atoms with Crippen molar-refractivity contribution in [3.8, 4) is 0 Å². The zero-order chi connectivity index (χ0) is 19.6. The van der Waals surface area contributed by atoms with E-state index in [1.807, 2.05) is 0 Å². The Morgan fingerprint density at radius 2 is 1.93 bits per heavy atom. The molecular weight excluding hydrogens is 358 g/mol. The van der Waals surface area contributed by atoms with Gasteiger partial charge in [-0.05, 0) is 31.4 Å². The number of hydrogen-bond donors (Lipinski definition) is 2. The maximum atomic E-state index is 10.8. The first-order valence-corrected chi connectivity index (χ1v) is 10.3. The molecule has 3 rings (SSSR count). The normalized spacial score (nSPS) is 18.9. The van der Waals surface area contributed by atoms with Crippen LogP contribution in [0.5, 0.6) is 0 Å². The van der Waals surface area contributed by atoms with Crippen molar-refractivity contribution in [1.82, 2.24) is 15.5 Å². The van der Waals surface area contributed by atoms with Crippen LogP contribution in [0.2, 0.25) is 0 Å². The number of nitro benzene ring substituents is 1. The van der Waals surface area contributed by atoms with E-state index in [0.29, 0.717) is 12.6 Å². The quantitative estimate of drug-likeness (QED) is 0.233. The van der Waals surface area contributed by atoms with Crippen molar-refractivity contribution in [3.05, 3.63) is 39.9 Å². The Balaban J connectivity index is 1.49. The summed E-state index contributed by atoms with van der Waals surface area (Å²) < 4.78 is 5.39. The number of morpholine rings is 1. The SMILES string of the molecule is O=[N+]([O-])c1ccc(CN=C(NCCCN2CCOCC2)NC2CCCC2)cc1. The van der Waals surface area contributed by atoms with Crippen LogP contribution in [0.1, 0.15) is 37.7 Å². The Bertz CT molecular complexity index is 638. The van der Waals surface area contributed by atoms with Crippen molar-refractivity contribution in [2.75, 3.05) is 39.4 Å². The van der Waals surface area contributed by atoms with Gasteiger partial charge in [-0.2, -0.15) is 0 Å². The van der Waals surface area contributed by atoms with E-state index in [1.54, 1.807) is 12.1 Å². The number of hydrogen-bond acceptors (Lipinski definition) is 5. The zero-order valence-electron chi connectivity index (χ0n) is 16.4. The molecule has 1 heterocycles. The van der Waals surface area contributed by atoms with Gasteiger partial charge in [0.15, 0.2) is 5.96 Å². The second-order valence-corrected chi connectivity index (χ2v) is 7.45. The van der Waals surface area contributed by atoms with E-state index in [4.69, 9.17) is 9.73 Å². The van der Waals surface area contributed by atoms with Gasteiger partial charge in [0.25, 0.3) is 5.69 Å². The summed E-state index contributed by atoms with van der Waals surface area (Å²) in [5.41, 5.74) is 1.07. The summed E-state index contributed by atoms with van der Waals surface area (Å²) in [6, 6.07) is 7.10. The molecule has 1 saturated carbocycles. The zero-order valence-corrected chi connectivity index (χ0v) is 16.4. The highest BCUT2D eigenvalue weighted by Crippen LogP contribution is 2.17. The Morgan fingerprint density at radius 1 is 1.21 bits per heavy atom. The van der Waals surface area contributed by atoms with Gasteiger partial charge in [0.05, 0.1) is 24.7 Å². The van der Waals surface area contributed by atoms with Crippen LogP contribution in [0.15, 0.2) is 29.3 Å². The molecule has 154 valence electrons. The molecule has 28 heavy (non-hydrogen) atoms. The van der Waals surface area contributed by atoms with Crippen LogP contribution in [0.3, 0.4) is 0 Å². The molecule has 2 aliphatic rings. The molecule has 2 fully saturated rings. The monoisotopic (exact) mass is 389 g/mol. The molecule has 0 radical (unpaired) electrons. The van der Waals surface area contributed by atoms with Gasteiger partial charge in [0, 0.05) is 37.8 Å². The Hall–Kier alpha value is -2.19.